The van der Waals surface area contributed by atoms with Crippen molar-refractivity contribution in [2.45, 2.75) is 18.9 Å². The predicted octanol–water partition coefficient (Wildman–Crippen LogP) is 4.05. The fourth-order valence-electron chi connectivity index (χ4n) is 3.36. The Kier molecular flexibility index (Phi) is 5.55. The van der Waals surface area contributed by atoms with Gasteiger partial charge in [0.1, 0.15) is 11.3 Å². The summed E-state index contributed by atoms with van der Waals surface area (Å²) in [5.74, 6) is -1.44. The van der Waals surface area contributed by atoms with Gasteiger partial charge in [-0.25, -0.2) is 14.2 Å². The highest BCUT2D eigenvalue weighted by Crippen LogP contribution is 2.32. The number of aromatic nitrogens is 1. The molecular weight excluding hydrogens is 395 g/mol. The second-order valence-corrected chi connectivity index (χ2v) is 7.68. The van der Waals surface area contributed by atoms with Gasteiger partial charge >= 0.3 is 5.97 Å². The average Bonchev–Trinajstić information content (AvgIpc) is 3.41. The van der Waals surface area contributed by atoms with Gasteiger partial charge in [0.2, 0.25) is 0 Å². The van der Waals surface area contributed by atoms with Crippen LogP contribution < -0.4 is 4.90 Å². The summed E-state index contributed by atoms with van der Waals surface area (Å²) < 4.78 is 25.3. The lowest BCUT2D eigenvalue weighted by molar-refractivity contribution is 0.0596. The third-order valence-corrected chi connectivity index (χ3v) is 5.85. The molecule has 0 bridgehead atoms. The summed E-state index contributed by atoms with van der Waals surface area (Å²) in [6.45, 7) is 0.912. The topological polar surface area (TPSA) is 68.7 Å². The van der Waals surface area contributed by atoms with Crippen molar-refractivity contribution in [3.8, 4) is 0 Å². The average molecular weight is 414 g/mol. The number of hydrogen-bond acceptors (Lipinski definition) is 6. The minimum atomic E-state index is -0.596. The lowest BCUT2D eigenvalue weighted by Crippen LogP contribution is -2.38. The molecular formula is C21H19FN2O4S. The molecule has 1 aromatic heterocycles. The van der Waals surface area contributed by atoms with Gasteiger partial charge in [-0.05, 0) is 37.1 Å². The maximum absolute atomic E-state index is 14.2. The lowest BCUT2D eigenvalue weighted by atomic mass is 10.1. The first-order valence-electron chi connectivity index (χ1n) is 9.24. The number of methoxy groups -OCH3 is 1. The summed E-state index contributed by atoms with van der Waals surface area (Å²) in [5, 5.41) is 0.366. The Bertz CT molecular complexity index is 1060. The van der Waals surface area contributed by atoms with Crippen LogP contribution in [-0.4, -0.2) is 43.2 Å². The van der Waals surface area contributed by atoms with Gasteiger partial charge in [-0.2, -0.15) is 0 Å². The molecule has 3 aromatic rings. The fraction of sp³-hybridized carbons (Fsp3) is 0.286. The molecule has 0 spiro atoms. The Morgan fingerprint density at radius 2 is 2.03 bits per heavy atom. The first kappa shape index (κ1) is 19.5. The molecule has 0 N–H and O–H groups in total. The van der Waals surface area contributed by atoms with Crippen LogP contribution in [0.1, 0.15) is 33.6 Å². The van der Waals surface area contributed by atoms with E-state index >= 15 is 0 Å². The number of benzene rings is 2. The monoisotopic (exact) mass is 414 g/mol. The van der Waals surface area contributed by atoms with E-state index in [0.29, 0.717) is 16.4 Å². The minimum absolute atomic E-state index is 0.138. The molecule has 2 aromatic carbocycles. The Morgan fingerprint density at radius 1 is 1.24 bits per heavy atom. The van der Waals surface area contributed by atoms with Crippen LogP contribution in [0.4, 0.5) is 9.52 Å². The number of hydrogen-bond donors (Lipinski definition) is 0. The second kappa shape index (κ2) is 8.26. The maximum Gasteiger partial charge on any atom is 0.338 e. The number of thiazole rings is 1. The van der Waals surface area contributed by atoms with Crippen molar-refractivity contribution in [1.29, 1.82) is 0 Å². The molecule has 0 aliphatic carbocycles. The van der Waals surface area contributed by atoms with Gasteiger partial charge < -0.3 is 9.47 Å². The zero-order chi connectivity index (χ0) is 20.4. The minimum Gasteiger partial charge on any atom is -0.465 e. The van der Waals surface area contributed by atoms with Gasteiger partial charge in [-0.15, -0.1) is 0 Å². The summed E-state index contributed by atoms with van der Waals surface area (Å²) in [6, 6.07) is 11.2. The lowest BCUT2D eigenvalue weighted by Gasteiger charge is -2.23. The Labute approximate surface area is 170 Å². The largest absolute Gasteiger partial charge is 0.465 e. The molecule has 1 fully saturated rings. The van der Waals surface area contributed by atoms with Gasteiger partial charge in [0, 0.05) is 6.61 Å². The molecule has 0 saturated carbocycles. The van der Waals surface area contributed by atoms with Gasteiger partial charge in [-0.3, -0.25) is 9.69 Å². The van der Waals surface area contributed by atoms with Crippen LogP contribution in [0.15, 0.2) is 42.5 Å². The van der Waals surface area contributed by atoms with Crippen molar-refractivity contribution in [1.82, 2.24) is 4.98 Å². The van der Waals surface area contributed by atoms with Crippen molar-refractivity contribution in [3.63, 3.8) is 0 Å². The number of anilines is 1. The van der Waals surface area contributed by atoms with E-state index in [0.717, 1.165) is 12.8 Å². The molecule has 6 nitrogen and oxygen atoms in total. The number of carbonyl (C=O) groups is 2. The number of fused-ring (bicyclic) bond motifs is 1. The number of esters is 1. The Hall–Kier alpha value is -2.84. The highest BCUT2D eigenvalue weighted by atomic mass is 32.1. The fourth-order valence-corrected chi connectivity index (χ4v) is 4.35. The Morgan fingerprint density at radius 3 is 2.72 bits per heavy atom. The van der Waals surface area contributed by atoms with Crippen LogP contribution in [0, 0.1) is 5.82 Å². The zero-order valence-electron chi connectivity index (χ0n) is 15.8. The number of nitrogens with zero attached hydrogens (tertiary/aromatic N) is 2. The summed E-state index contributed by atoms with van der Waals surface area (Å²) >= 11 is 1.23. The number of ether oxygens (including phenoxy) is 2. The summed E-state index contributed by atoms with van der Waals surface area (Å²) in [6.07, 6.45) is 1.60. The van der Waals surface area contributed by atoms with Crippen LogP contribution in [0.5, 0.6) is 0 Å². The van der Waals surface area contributed by atoms with Gasteiger partial charge in [0.25, 0.3) is 5.91 Å². The SMILES string of the molecule is COC(=O)c1ccccc1C(=O)N(C[C@H]1CCCO1)c1nc2c(F)cccc2s1. The zero-order valence-corrected chi connectivity index (χ0v) is 16.6. The van der Waals surface area contributed by atoms with Crippen LogP contribution in [0.25, 0.3) is 10.2 Å². The van der Waals surface area contributed by atoms with Gasteiger partial charge in [0.05, 0.1) is 35.6 Å². The molecule has 0 unspecified atom stereocenters. The summed E-state index contributed by atoms with van der Waals surface area (Å²) in [7, 11) is 1.27. The van der Waals surface area contributed by atoms with Crippen molar-refractivity contribution < 1.29 is 23.5 Å². The number of para-hydroxylation sites is 1. The molecule has 8 heteroatoms. The first-order valence-corrected chi connectivity index (χ1v) is 10.1. The molecule has 1 amide bonds. The van der Waals surface area contributed by atoms with E-state index < -0.39 is 17.7 Å². The quantitative estimate of drug-likeness (QED) is 0.589. The molecule has 2 heterocycles. The van der Waals surface area contributed by atoms with Crippen molar-refractivity contribution >= 4 is 38.6 Å². The standard InChI is InChI=1S/C21H19FN2O4S/c1-27-20(26)15-8-3-2-7-14(15)19(25)24(12-13-6-5-11-28-13)21-23-18-16(22)9-4-10-17(18)29-21/h2-4,7-10,13H,5-6,11-12H2,1H3/t13-/m1/s1. The highest BCUT2D eigenvalue weighted by Gasteiger charge is 2.29. The predicted molar refractivity (Wildman–Crippen MR) is 108 cm³/mol. The summed E-state index contributed by atoms with van der Waals surface area (Å²) in [5.41, 5.74) is 0.598. The van der Waals surface area contributed by atoms with E-state index in [2.05, 4.69) is 4.98 Å². The Balaban J connectivity index is 1.77. The van der Waals surface area contributed by atoms with E-state index in [1.807, 2.05) is 0 Å². The molecule has 1 aliphatic rings. The molecule has 1 aliphatic heterocycles. The second-order valence-electron chi connectivity index (χ2n) is 6.67. The van der Waals surface area contributed by atoms with E-state index in [-0.39, 0.29) is 29.3 Å². The number of carbonyl (C=O) groups excluding carboxylic acids is 2. The van der Waals surface area contributed by atoms with Crippen LogP contribution >= 0.6 is 11.3 Å². The van der Waals surface area contributed by atoms with E-state index in [4.69, 9.17) is 9.47 Å². The molecule has 1 saturated heterocycles. The first-order chi connectivity index (χ1) is 14.1. The molecule has 1 atom stereocenters. The third-order valence-electron chi connectivity index (χ3n) is 4.81. The number of amides is 1. The maximum atomic E-state index is 14.2. The van der Waals surface area contributed by atoms with E-state index in [9.17, 15) is 14.0 Å². The molecule has 4 rings (SSSR count). The van der Waals surface area contributed by atoms with E-state index in [1.54, 1.807) is 36.4 Å². The van der Waals surface area contributed by atoms with E-state index in [1.165, 1.54) is 29.4 Å². The van der Waals surface area contributed by atoms with Gasteiger partial charge in [0.15, 0.2) is 5.13 Å². The van der Waals surface area contributed by atoms with Crippen LogP contribution in [-0.2, 0) is 9.47 Å². The molecule has 0 radical (unpaired) electrons. The highest BCUT2D eigenvalue weighted by molar-refractivity contribution is 7.22. The summed E-state index contributed by atoms with van der Waals surface area (Å²) in [4.78, 5) is 31.5. The number of halogens is 1. The van der Waals surface area contributed by atoms with Crippen molar-refractivity contribution in [2.75, 3.05) is 25.2 Å². The van der Waals surface area contributed by atoms with Crippen LogP contribution in [0.2, 0.25) is 0 Å². The van der Waals surface area contributed by atoms with Crippen molar-refractivity contribution in [2.24, 2.45) is 0 Å². The van der Waals surface area contributed by atoms with Crippen LogP contribution in [0.3, 0.4) is 0 Å². The normalized spacial score (nSPS) is 16.1. The molecule has 29 heavy (non-hydrogen) atoms. The number of rotatable bonds is 5. The van der Waals surface area contributed by atoms with Crippen molar-refractivity contribution in [3.05, 3.63) is 59.4 Å². The van der Waals surface area contributed by atoms with Gasteiger partial charge in [-0.1, -0.05) is 29.5 Å². The molecule has 150 valence electrons. The smallest absolute Gasteiger partial charge is 0.338 e. The third kappa shape index (κ3) is 3.86.